The van der Waals surface area contributed by atoms with Gasteiger partial charge < -0.3 is 10.2 Å². The number of oxazole rings is 1. The van der Waals surface area contributed by atoms with Gasteiger partial charge >= 0.3 is 0 Å². The van der Waals surface area contributed by atoms with Crippen LogP contribution in [0.4, 0.5) is 0 Å². The molecule has 0 aliphatic carbocycles. The van der Waals surface area contributed by atoms with Gasteiger partial charge in [0.25, 0.3) is 0 Å². The van der Waals surface area contributed by atoms with E-state index in [-0.39, 0.29) is 6.04 Å². The van der Waals surface area contributed by atoms with Crippen LogP contribution in [0.5, 0.6) is 0 Å². The first-order valence-electron chi connectivity index (χ1n) is 5.79. The van der Waals surface area contributed by atoms with Gasteiger partial charge in [0.05, 0.1) is 6.04 Å². The Morgan fingerprint density at radius 1 is 1.41 bits per heavy atom. The zero-order valence-electron chi connectivity index (χ0n) is 10.3. The molecule has 0 spiro atoms. The monoisotopic (exact) mass is 252 g/mol. The summed E-state index contributed by atoms with van der Waals surface area (Å²) in [5.41, 5.74) is 8.61. The van der Waals surface area contributed by atoms with Crippen LogP contribution in [-0.4, -0.2) is 4.98 Å². The van der Waals surface area contributed by atoms with Crippen LogP contribution in [0.15, 0.2) is 16.5 Å². The lowest BCUT2D eigenvalue weighted by Crippen LogP contribution is -2.13. The fourth-order valence-electron chi connectivity index (χ4n) is 1.94. The molecule has 1 aromatic heterocycles. The van der Waals surface area contributed by atoms with Crippen molar-refractivity contribution in [1.82, 2.24) is 4.98 Å². The highest BCUT2D eigenvalue weighted by atomic mass is 35.5. The molecule has 2 N–H and O–H groups in total. The molecule has 4 heteroatoms. The van der Waals surface area contributed by atoms with E-state index in [1.54, 1.807) is 6.07 Å². The maximum atomic E-state index is 6.06. The minimum absolute atomic E-state index is 0.152. The maximum Gasteiger partial charge on any atom is 0.212 e. The third kappa shape index (κ3) is 2.61. The van der Waals surface area contributed by atoms with Crippen molar-refractivity contribution in [3.63, 3.8) is 0 Å². The molecule has 0 saturated carbocycles. The zero-order valence-corrected chi connectivity index (χ0v) is 11.1. The zero-order chi connectivity index (χ0) is 12.6. The molecule has 0 bridgehead atoms. The second-order valence-electron chi connectivity index (χ2n) is 4.86. The smallest absolute Gasteiger partial charge is 0.212 e. The van der Waals surface area contributed by atoms with Gasteiger partial charge in [-0.3, -0.25) is 0 Å². The molecule has 17 heavy (non-hydrogen) atoms. The first kappa shape index (κ1) is 12.4. The Morgan fingerprint density at radius 3 is 2.76 bits per heavy atom. The quantitative estimate of drug-likeness (QED) is 0.903. The van der Waals surface area contributed by atoms with E-state index in [1.165, 1.54) is 0 Å². The normalized spacial score (nSPS) is 13.5. The SMILES string of the molecule is Cc1cc(Cl)cc2nc(C(N)CC(C)C)oc12. The molecule has 0 amide bonds. The Kier molecular flexibility index (Phi) is 3.40. The summed E-state index contributed by atoms with van der Waals surface area (Å²) in [6.07, 6.45) is 0.861. The number of nitrogens with zero attached hydrogens (tertiary/aromatic N) is 1. The minimum atomic E-state index is -0.152. The lowest BCUT2D eigenvalue weighted by molar-refractivity contribution is 0.417. The number of fused-ring (bicyclic) bond motifs is 1. The molecule has 1 unspecified atom stereocenters. The number of benzene rings is 1. The Morgan fingerprint density at radius 2 is 2.12 bits per heavy atom. The summed E-state index contributed by atoms with van der Waals surface area (Å²) in [6.45, 7) is 6.21. The van der Waals surface area contributed by atoms with Crippen molar-refractivity contribution in [3.8, 4) is 0 Å². The summed E-state index contributed by atoms with van der Waals surface area (Å²) in [5, 5.41) is 0.673. The molecule has 0 aliphatic rings. The fraction of sp³-hybridized carbons (Fsp3) is 0.462. The van der Waals surface area contributed by atoms with Crippen molar-refractivity contribution in [3.05, 3.63) is 28.6 Å². The fourth-order valence-corrected chi connectivity index (χ4v) is 2.21. The first-order chi connectivity index (χ1) is 7.97. The van der Waals surface area contributed by atoms with Crippen LogP contribution in [0, 0.1) is 12.8 Å². The minimum Gasteiger partial charge on any atom is -0.439 e. The third-order valence-electron chi connectivity index (χ3n) is 2.70. The Labute approximate surface area is 106 Å². The summed E-state index contributed by atoms with van der Waals surface area (Å²) in [6, 6.07) is 3.52. The Balaban J connectivity index is 2.41. The van der Waals surface area contributed by atoms with E-state index < -0.39 is 0 Å². The highest BCUT2D eigenvalue weighted by Crippen LogP contribution is 2.27. The van der Waals surface area contributed by atoms with Crippen molar-refractivity contribution >= 4 is 22.7 Å². The van der Waals surface area contributed by atoms with E-state index >= 15 is 0 Å². The lowest BCUT2D eigenvalue weighted by Gasteiger charge is -2.09. The average molecular weight is 253 g/mol. The lowest BCUT2D eigenvalue weighted by atomic mass is 10.0. The standard InChI is InChI=1S/C13H17ClN2O/c1-7(2)4-10(15)13-16-11-6-9(14)5-8(3)12(11)17-13/h5-7,10H,4,15H2,1-3H3. The van der Waals surface area contributed by atoms with Gasteiger partial charge in [0.15, 0.2) is 5.58 Å². The predicted molar refractivity (Wildman–Crippen MR) is 70.1 cm³/mol. The largest absolute Gasteiger partial charge is 0.439 e. The molecular weight excluding hydrogens is 236 g/mol. The molecule has 0 radical (unpaired) electrons. The van der Waals surface area contributed by atoms with E-state index in [1.807, 2.05) is 13.0 Å². The molecule has 1 atom stereocenters. The Bertz CT molecular complexity index is 533. The predicted octanol–water partition coefficient (Wildman–Crippen LogP) is 3.84. The second-order valence-corrected chi connectivity index (χ2v) is 5.30. The maximum absolute atomic E-state index is 6.06. The number of aryl methyl sites for hydroxylation is 1. The molecule has 0 saturated heterocycles. The topological polar surface area (TPSA) is 52.0 Å². The molecule has 1 aromatic carbocycles. The number of aromatic nitrogens is 1. The molecular formula is C13H17ClN2O. The number of rotatable bonds is 3. The number of hydrogen-bond donors (Lipinski definition) is 1. The van der Waals surface area contributed by atoms with Gasteiger partial charge in [-0.15, -0.1) is 0 Å². The molecule has 0 fully saturated rings. The summed E-state index contributed by atoms with van der Waals surface area (Å²) >= 11 is 5.98. The summed E-state index contributed by atoms with van der Waals surface area (Å²) < 4.78 is 5.72. The highest BCUT2D eigenvalue weighted by Gasteiger charge is 2.16. The molecule has 1 heterocycles. The van der Waals surface area contributed by atoms with Gasteiger partial charge in [-0.25, -0.2) is 4.98 Å². The van der Waals surface area contributed by atoms with Gasteiger partial charge in [-0.05, 0) is 37.0 Å². The molecule has 3 nitrogen and oxygen atoms in total. The Hall–Kier alpha value is -1.06. The van der Waals surface area contributed by atoms with Crippen LogP contribution in [-0.2, 0) is 0 Å². The van der Waals surface area contributed by atoms with E-state index in [0.29, 0.717) is 16.8 Å². The van der Waals surface area contributed by atoms with Crippen molar-refractivity contribution in [2.24, 2.45) is 11.7 Å². The van der Waals surface area contributed by atoms with Crippen molar-refractivity contribution in [2.45, 2.75) is 33.2 Å². The number of halogens is 1. The van der Waals surface area contributed by atoms with Gasteiger partial charge in [-0.1, -0.05) is 25.4 Å². The van der Waals surface area contributed by atoms with Gasteiger partial charge in [-0.2, -0.15) is 0 Å². The average Bonchev–Trinajstić information content (AvgIpc) is 2.60. The van der Waals surface area contributed by atoms with Crippen LogP contribution >= 0.6 is 11.6 Å². The van der Waals surface area contributed by atoms with Crippen LogP contribution in [0.1, 0.15) is 37.8 Å². The van der Waals surface area contributed by atoms with E-state index in [0.717, 1.165) is 23.1 Å². The van der Waals surface area contributed by atoms with Gasteiger partial charge in [0, 0.05) is 5.02 Å². The van der Waals surface area contributed by atoms with Crippen LogP contribution < -0.4 is 5.73 Å². The summed E-state index contributed by atoms with van der Waals surface area (Å²) in [5.74, 6) is 1.11. The van der Waals surface area contributed by atoms with Crippen molar-refractivity contribution in [2.75, 3.05) is 0 Å². The number of nitrogens with two attached hydrogens (primary N) is 1. The van der Waals surface area contributed by atoms with E-state index in [2.05, 4.69) is 18.8 Å². The first-order valence-corrected chi connectivity index (χ1v) is 6.17. The molecule has 2 aromatic rings. The van der Waals surface area contributed by atoms with Gasteiger partial charge in [0.2, 0.25) is 5.89 Å². The molecule has 92 valence electrons. The number of hydrogen-bond acceptors (Lipinski definition) is 3. The van der Waals surface area contributed by atoms with Crippen LogP contribution in [0.3, 0.4) is 0 Å². The van der Waals surface area contributed by atoms with Gasteiger partial charge in [0.1, 0.15) is 5.52 Å². The van der Waals surface area contributed by atoms with Crippen molar-refractivity contribution in [1.29, 1.82) is 0 Å². The van der Waals surface area contributed by atoms with Crippen LogP contribution in [0.2, 0.25) is 5.02 Å². The second kappa shape index (κ2) is 4.67. The van der Waals surface area contributed by atoms with E-state index in [4.69, 9.17) is 21.8 Å². The summed E-state index contributed by atoms with van der Waals surface area (Å²) in [4.78, 5) is 4.41. The third-order valence-corrected chi connectivity index (χ3v) is 2.92. The van der Waals surface area contributed by atoms with Crippen LogP contribution in [0.25, 0.3) is 11.1 Å². The van der Waals surface area contributed by atoms with Crippen molar-refractivity contribution < 1.29 is 4.42 Å². The highest BCUT2D eigenvalue weighted by molar-refractivity contribution is 6.31. The molecule has 2 rings (SSSR count). The molecule has 0 aliphatic heterocycles. The summed E-state index contributed by atoms with van der Waals surface area (Å²) in [7, 11) is 0. The van der Waals surface area contributed by atoms with E-state index in [9.17, 15) is 0 Å².